The van der Waals surface area contributed by atoms with Crippen molar-refractivity contribution in [2.75, 3.05) is 6.61 Å². The predicted molar refractivity (Wildman–Crippen MR) is 68.2 cm³/mol. The molecule has 0 N–H and O–H groups in total. The zero-order chi connectivity index (χ0) is 13.0. The van der Waals surface area contributed by atoms with E-state index in [2.05, 4.69) is 0 Å². The van der Waals surface area contributed by atoms with Gasteiger partial charge in [0.05, 0.1) is 22.8 Å². The smallest absolute Gasteiger partial charge is 0.341 e. The molecule has 0 unspecified atom stereocenters. The molecule has 1 aromatic rings. The zero-order valence-corrected chi connectivity index (χ0v) is 11.4. The van der Waals surface area contributed by atoms with E-state index in [1.807, 2.05) is 13.8 Å². The SMILES string of the molecule is CCOC(=O)c1cc(Cl)c(Cl)cc1OC(C)C. The monoisotopic (exact) mass is 276 g/mol. The molecule has 0 bridgehead atoms. The van der Waals surface area contributed by atoms with Gasteiger partial charge in [-0.2, -0.15) is 0 Å². The summed E-state index contributed by atoms with van der Waals surface area (Å²) in [6.45, 7) is 5.74. The molecule has 0 amide bonds. The topological polar surface area (TPSA) is 35.5 Å². The maximum absolute atomic E-state index is 11.7. The number of rotatable bonds is 4. The number of carbonyl (C=O) groups is 1. The first-order valence-corrected chi connectivity index (χ1v) is 6.04. The fraction of sp³-hybridized carbons (Fsp3) is 0.417. The lowest BCUT2D eigenvalue weighted by Crippen LogP contribution is -2.12. The van der Waals surface area contributed by atoms with Gasteiger partial charge in [0.15, 0.2) is 0 Å². The van der Waals surface area contributed by atoms with Crippen LogP contribution >= 0.6 is 23.2 Å². The van der Waals surface area contributed by atoms with Crippen LogP contribution in [-0.2, 0) is 4.74 Å². The summed E-state index contributed by atoms with van der Waals surface area (Å²) in [6.07, 6.45) is -0.0691. The van der Waals surface area contributed by atoms with E-state index in [0.717, 1.165) is 0 Å². The van der Waals surface area contributed by atoms with Crippen LogP contribution in [0.5, 0.6) is 5.75 Å². The minimum Gasteiger partial charge on any atom is -0.490 e. The molecule has 0 fully saturated rings. The predicted octanol–water partition coefficient (Wildman–Crippen LogP) is 3.96. The van der Waals surface area contributed by atoms with Crippen molar-refractivity contribution in [3.63, 3.8) is 0 Å². The molecule has 0 saturated heterocycles. The first-order valence-electron chi connectivity index (χ1n) is 5.28. The molecule has 0 spiro atoms. The number of hydrogen-bond acceptors (Lipinski definition) is 3. The van der Waals surface area contributed by atoms with Crippen molar-refractivity contribution in [1.29, 1.82) is 0 Å². The van der Waals surface area contributed by atoms with Crippen LogP contribution in [0.3, 0.4) is 0 Å². The fourth-order valence-electron chi connectivity index (χ4n) is 1.25. The van der Waals surface area contributed by atoms with Gasteiger partial charge in [-0.25, -0.2) is 4.79 Å². The van der Waals surface area contributed by atoms with E-state index in [0.29, 0.717) is 22.4 Å². The number of halogens is 2. The molecule has 5 heteroatoms. The van der Waals surface area contributed by atoms with Crippen LogP contribution in [-0.4, -0.2) is 18.7 Å². The van der Waals surface area contributed by atoms with Gasteiger partial charge in [0.2, 0.25) is 0 Å². The molecule has 0 radical (unpaired) electrons. The minimum absolute atomic E-state index is 0.0691. The van der Waals surface area contributed by atoms with Crippen molar-refractivity contribution in [2.45, 2.75) is 26.9 Å². The maximum atomic E-state index is 11.7. The third kappa shape index (κ3) is 3.79. The van der Waals surface area contributed by atoms with Gasteiger partial charge < -0.3 is 9.47 Å². The lowest BCUT2D eigenvalue weighted by molar-refractivity contribution is 0.0520. The van der Waals surface area contributed by atoms with Crippen LogP contribution in [0.25, 0.3) is 0 Å². The Morgan fingerprint density at radius 2 is 1.88 bits per heavy atom. The van der Waals surface area contributed by atoms with Gasteiger partial charge in [-0.05, 0) is 26.8 Å². The standard InChI is InChI=1S/C12H14Cl2O3/c1-4-16-12(15)8-5-9(13)10(14)6-11(8)17-7(2)3/h5-7H,4H2,1-3H3. The van der Waals surface area contributed by atoms with Crippen LogP contribution in [0.15, 0.2) is 12.1 Å². The van der Waals surface area contributed by atoms with Gasteiger partial charge in [-0.3, -0.25) is 0 Å². The van der Waals surface area contributed by atoms with Crippen molar-refractivity contribution in [3.05, 3.63) is 27.7 Å². The summed E-state index contributed by atoms with van der Waals surface area (Å²) >= 11 is 11.8. The average Bonchev–Trinajstić information content (AvgIpc) is 2.22. The normalized spacial score (nSPS) is 10.5. The molecule has 0 atom stereocenters. The molecule has 0 saturated carbocycles. The van der Waals surface area contributed by atoms with Crippen LogP contribution in [0.4, 0.5) is 0 Å². The molecule has 0 aliphatic carbocycles. The molecule has 94 valence electrons. The Morgan fingerprint density at radius 3 is 2.41 bits per heavy atom. The molecule has 1 rings (SSSR count). The Bertz CT molecular complexity index is 416. The summed E-state index contributed by atoms with van der Waals surface area (Å²) in [7, 11) is 0. The van der Waals surface area contributed by atoms with E-state index in [1.165, 1.54) is 12.1 Å². The highest BCUT2D eigenvalue weighted by Crippen LogP contribution is 2.31. The lowest BCUT2D eigenvalue weighted by Gasteiger charge is -2.14. The van der Waals surface area contributed by atoms with E-state index in [9.17, 15) is 4.79 Å². The summed E-state index contributed by atoms with van der Waals surface area (Å²) in [5.41, 5.74) is 0.287. The Kier molecular flexibility index (Phi) is 5.09. The van der Waals surface area contributed by atoms with E-state index in [4.69, 9.17) is 32.7 Å². The highest BCUT2D eigenvalue weighted by atomic mass is 35.5. The second-order valence-electron chi connectivity index (χ2n) is 3.65. The zero-order valence-electron chi connectivity index (χ0n) is 9.92. The minimum atomic E-state index is -0.471. The van der Waals surface area contributed by atoms with Gasteiger partial charge in [-0.1, -0.05) is 23.2 Å². The van der Waals surface area contributed by atoms with Crippen LogP contribution in [0.2, 0.25) is 10.0 Å². The number of hydrogen-bond donors (Lipinski definition) is 0. The summed E-state index contributed by atoms with van der Waals surface area (Å²) < 4.78 is 10.4. The highest BCUT2D eigenvalue weighted by Gasteiger charge is 2.17. The van der Waals surface area contributed by atoms with Crippen LogP contribution in [0.1, 0.15) is 31.1 Å². The van der Waals surface area contributed by atoms with Gasteiger partial charge in [-0.15, -0.1) is 0 Å². The molecule has 1 aromatic carbocycles. The number of ether oxygens (including phenoxy) is 2. The highest BCUT2D eigenvalue weighted by molar-refractivity contribution is 6.42. The average molecular weight is 277 g/mol. The first-order chi connectivity index (χ1) is 7.95. The van der Waals surface area contributed by atoms with Crippen molar-refractivity contribution >= 4 is 29.2 Å². The van der Waals surface area contributed by atoms with Gasteiger partial charge in [0.1, 0.15) is 11.3 Å². The van der Waals surface area contributed by atoms with Crippen LogP contribution < -0.4 is 4.74 Å². The Labute approximate surface area is 111 Å². The lowest BCUT2D eigenvalue weighted by atomic mass is 10.2. The van der Waals surface area contributed by atoms with Crippen molar-refractivity contribution in [2.24, 2.45) is 0 Å². The van der Waals surface area contributed by atoms with E-state index in [1.54, 1.807) is 6.92 Å². The van der Waals surface area contributed by atoms with Crippen molar-refractivity contribution < 1.29 is 14.3 Å². The number of benzene rings is 1. The second-order valence-corrected chi connectivity index (χ2v) is 4.46. The fourth-order valence-corrected chi connectivity index (χ4v) is 1.57. The Hall–Kier alpha value is -0.930. The molecular weight excluding hydrogens is 263 g/mol. The summed E-state index contributed by atoms with van der Waals surface area (Å²) in [6, 6.07) is 2.98. The molecule has 0 heterocycles. The van der Waals surface area contributed by atoms with E-state index >= 15 is 0 Å². The molecule has 0 aromatic heterocycles. The molecule has 3 nitrogen and oxygen atoms in total. The van der Waals surface area contributed by atoms with Gasteiger partial charge in [0, 0.05) is 6.07 Å². The van der Waals surface area contributed by atoms with Crippen molar-refractivity contribution in [3.8, 4) is 5.75 Å². The largest absolute Gasteiger partial charge is 0.490 e. The molecule has 0 aliphatic heterocycles. The summed E-state index contributed by atoms with van der Waals surface area (Å²) in [4.78, 5) is 11.7. The second kappa shape index (κ2) is 6.12. The maximum Gasteiger partial charge on any atom is 0.341 e. The van der Waals surface area contributed by atoms with Crippen molar-refractivity contribution in [1.82, 2.24) is 0 Å². The quantitative estimate of drug-likeness (QED) is 0.781. The van der Waals surface area contributed by atoms with E-state index < -0.39 is 5.97 Å². The summed E-state index contributed by atoms with van der Waals surface area (Å²) in [5.74, 6) is -0.0884. The molecule has 17 heavy (non-hydrogen) atoms. The number of carbonyl (C=O) groups excluding carboxylic acids is 1. The summed E-state index contributed by atoms with van der Waals surface area (Å²) in [5, 5.41) is 0.640. The third-order valence-corrected chi connectivity index (χ3v) is 2.60. The molecular formula is C12H14Cl2O3. The Balaban J connectivity index is 3.15. The first kappa shape index (κ1) is 14.1. The number of esters is 1. The van der Waals surface area contributed by atoms with Gasteiger partial charge in [0.25, 0.3) is 0 Å². The Morgan fingerprint density at radius 1 is 1.29 bits per heavy atom. The molecule has 0 aliphatic rings. The van der Waals surface area contributed by atoms with E-state index in [-0.39, 0.29) is 11.7 Å². The van der Waals surface area contributed by atoms with Gasteiger partial charge >= 0.3 is 5.97 Å². The third-order valence-electron chi connectivity index (χ3n) is 1.88. The van der Waals surface area contributed by atoms with Crippen LogP contribution in [0, 0.1) is 0 Å².